The van der Waals surface area contributed by atoms with E-state index in [1.165, 1.54) is 59.6 Å². The van der Waals surface area contributed by atoms with E-state index in [1.807, 2.05) is 18.3 Å². The normalized spacial score (nSPS) is 16.7. The fourth-order valence-corrected chi connectivity index (χ4v) is 9.20. The van der Waals surface area contributed by atoms with E-state index in [2.05, 4.69) is 104 Å². The van der Waals surface area contributed by atoms with Crippen molar-refractivity contribution in [3.63, 3.8) is 0 Å². The van der Waals surface area contributed by atoms with Crippen LogP contribution in [0.1, 0.15) is 74.0 Å². The van der Waals surface area contributed by atoms with Crippen LogP contribution in [0.5, 0.6) is 0 Å². The summed E-state index contributed by atoms with van der Waals surface area (Å²) < 4.78 is 13.3. The zero-order valence-corrected chi connectivity index (χ0v) is 28.6. The van der Waals surface area contributed by atoms with Gasteiger partial charge in [0.1, 0.15) is 22.3 Å². The summed E-state index contributed by atoms with van der Waals surface area (Å²) in [5.74, 6) is 0.945. The summed E-state index contributed by atoms with van der Waals surface area (Å²) >= 11 is 0. The van der Waals surface area contributed by atoms with Crippen LogP contribution >= 0.6 is 0 Å². The van der Waals surface area contributed by atoms with Crippen LogP contribution in [0.4, 0.5) is 0 Å². The second-order valence-corrected chi connectivity index (χ2v) is 14.7. The third-order valence-corrected chi connectivity index (χ3v) is 11.7. The number of rotatable bonds is 3. The molecule has 0 N–H and O–H groups in total. The smallest absolute Gasteiger partial charge is 0.147 e. The van der Waals surface area contributed by atoms with Crippen molar-refractivity contribution in [1.82, 2.24) is 9.97 Å². The first-order chi connectivity index (χ1) is 25.2. The number of allylic oxidation sites excluding steroid dienone is 1. The predicted octanol–water partition coefficient (Wildman–Crippen LogP) is 13.5. The van der Waals surface area contributed by atoms with Gasteiger partial charge in [-0.05, 0) is 95.1 Å². The zero-order chi connectivity index (χ0) is 33.6. The quantitative estimate of drug-likeness (QED) is 0.177. The van der Waals surface area contributed by atoms with E-state index < -0.39 is 0 Å². The average molecular weight is 661 g/mol. The lowest BCUT2D eigenvalue weighted by molar-refractivity contribution is 0.444. The zero-order valence-electron chi connectivity index (χ0n) is 28.6. The fraction of sp³-hybridized carbons (Fsp3) is 0.191. The van der Waals surface area contributed by atoms with E-state index in [-0.39, 0.29) is 0 Å². The molecular weight excluding hydrogens is 625 g/mol. The second kappa shape index (κ2) is 11.1. The highest BCUT2D eigenvalue weighted by molar-refractivity contribution is 6.23. The first-order valence-electron chi connectivity index (χ1n) is 18.5. The minimum Gasteiger partial charge on any atom is -0.456 e. The van der Waals surface area contributed by atoms with Crippen molar-refractivity contribution in [3.05, 3.63) is 126 Å². The standard InChI is InChI=1S/C47H36N2O2/c1-27-11-9-19-33-32-16-5-6-17-34(32)44-45(42(27)33)48-26-39(49-44)30-15-10-14-29(23-30)37-24-31(28-12-3-2-4-13-28)25-38-35-21-22-41-43(47(35)51-46(37)38)36-18-7-8-20-40(36)50-41/h5-10,14-28H,2-4,11-13H2,1H3. The van der Waals surface area contributed by atoms with Crippen LogP contribution in [0.2, 0.25) is 0 Å². The number of nitrogens with zero attached hydrogens (tertiary/aromatic N) is 2. The van der Waals surface area contributed by atoms with E-state index in [0.29, 0.717) is 11.8 Å². The molecule has 3 heterocycles. The van der Waals surface area contributed by atoms with Crippen molar-refractivity contribution in [2.75, 3.05) is 0 Å². The SMILES string of the molecule is CC1CC=Cc2c1c1ncc(-c3cccc(-c4cc(C5CCCCC5)cc5c4oc4c5ccc5oc6ccccc6c54)c3)nc1c1ccccc21. The number of para-hydroxylation sites is 1. The van der Waals surface area contributed by atoms with Crippen molar-refractivity contribution in [1.29, 1.82) is 0 Å². The molecule has 1 atom stereocenters. The highest BCUT2D eigenvalue weighted by Crippen LogP contribution is 2.46. The number of furan rings is 2. The molecule has 1 unspecified atom stereocenters. The van der Waals surface area contributed by atoms with E-state index in [4.69, 9.17) is 18.8 Å². The summed E-state index contributed by atoms with van der Waals surface area (Å²) in [6.07, 6.45) is 13.9. The maximum Gasteiger partial charge on any atom is 0.147 e. The first kappa shape index (κ1) is 29.0. The molecule has 2 aliphatic rings. The summed E-state index contributed by atoms with van der Waals surface area (Å²) in [5.41, 5.74) is 13.7. The van der Waals surface area contributed by atoms with Gasteiger partial charge in [-0.15, -0.1) is 0 Å². The molecule has 0 amide bonds. The van der Waals surface area contributed by atoms with Crippen LogP contribution in [0.15, 0.2) is 118 Å². The van der Waals surface area contributed by atoms with E-state index in [9.17, 15) is 0 Å². The lowest BCUT2D eigenvalue weighted by Gasteiger charge is -2.23. The molecule has 3 aromatic heterocycles. The molecule has 0 bridgehead atoms. The average Bonchev–Trinajstić information content (AvgIpc) is 3.76. The molecule has 4 nitrogen and oxygen atoms in total. The maximum atomic E-state index is 6.98. The van der Waals surface area contributed by atoms with Crippen molar-refractivity contribution in [3.8, 4) is 22.4 Å². The van der Waals surface area contributed by atoms with Crippen LogP contribution in [0.3, 0.4) is 0 Å². The van der Waals surface area contributed by atoms with Crippen molar-refractivity contribution in [2.45, 2.75) is 57.3 Å². The Hall–Kier alpha value is -5.74. The summed E-state index contributed by atoms with van der Waals surface area (Å²) in [6.45, 7) is 2.30. The topological polar surface area (TPSA) is 52.1 Å². The molecule has 9 aromatic rings. The van der Waals surface area contributed by atoms with Gasteiger partial charge in [0, 0.05) is 32.7 Å². The van der Waals surface area contributed by atoms with Crippen molar-refractivity contribution < 1.29 is 8.83 Å². The number of benzene rings is 6. The summed E-state index contributed by atoms with van der Waals surface area (Å²) in [5, 5.41) is 6.84. The van der Waals surface area contributed by atoms with Gasteiger partial charge in [-0.1, -0.05) is 99.0 Å². The highest BCUT2D eigenvalue weighted by atomic mass is 16.3. The van der Waals surface area contributed by atoms with E-state index >= 15 is 0 Å². The molecule has 0 aliphatic heterocycles. The van der Waals surface area contributed by atoms with E-state index in [0.717, 1.165) is 83.7 Å². The summed E-state index contributed by atoms with van der Waals surface area (Å²) in [6, 6.07) is 34.8. The third-order valence-electron chi connectivity index (χ3n) is 11.7. The Morgan fingerprint density at radius 3 is 2.37 bits per heavy atom. The number of aromatic nitrogens is 2. The van der Waals surface area contributed by atoms with Crippen LogP contribution in [-0.4, -0.2) is 9.97 Å². The molecule has 0 radical (unpaired) electrons. The Kier molecular flexibility index (Phi) is 6.34. The molecule has 6 aromatic carbocycles. The largest absolute Gasteiger partial charge is 0.456 e. The Morgan fingerprint density at radius 1 is 0.647 bits per heavy atom. The number of hydrogen-bond donors (Lipinski definition) is 0. The molecule has 1 saturated carbocycles. The molecule has 51 heavy (non-hydrogen) atoms. The van der Waals surface area contributed by atoms with Gasteiger partial charge in [-0.25, -0.2) is 4.98 Å². The number of hydrogen-bond acceptors (Lipinski definition) is 4. The molecule has 0 spiro atoms. The van der Waals surface area contributed by atoms with E-state index in [1.54, 1.807) is 0 Å². The Balaban J connectivity index is 1.13. The van der Waals surface area contributed by atoms with Gasteiger partial charge in [0.15, 0.2) is 0 Å². The molecule has 1 fully saturated rings. The molecular formula is C47H36N2O2. The van der Waals surface area contributed by atoms with Crippen LogP contribution < -0.4 is 0 Å². The number of fused-ring (bicyclic) bond motifs is 13. The molecule has 0 saturated heterocycles. The Bertz CT molecular complexity index is 2900. The Morgan fingerprint density at radius 2 is 1.47 bits per heavy atom. The van der Waals surface area contributed by atoms with Gasteiger partial charge >= 0.3 is 0 Å². The van der Waals surface area contributed by atoms with Gasteiger partial charge in [0.25, 0.3) is 0 Å². The first-order valence-corrected chi connectivity index (χ1v) is 18.5. The lowest BCUT2D eigenvalue weighted by Crippen LogP contribution is -2.05. The maximum absolute atomic E-state index is 6.98. The van der Waals surface area contributed by atoms with Crippen molar-refractivity contribution >= 4 is 71.8 Å². The van der Waals surface area contributed by atoms with Gasteiger partial charge in [0.05, 0.1) is 28.3 Å². The van der Waals surface area contributed by atoms with Crippen LogP contribution in [-0.2, 0) is 0 Å². The monoisotopic (exact) mass is 660 g/mol. The Labute approximate surface area is 295 Å². The second-order valence-electron chi connectivity index (χ2n) is 14.7. The minimum absolute atomic E-state index is 0.393. The molecule has 4 heteroatoms. The summed E-state index contributed by atoms with van der Waals surface area (Å²) in [7, 11) is 0. The minimum atomic E-state index is 0.393. The lowest BCUT2D eigenvalue weighted by atomic mass is 9.82. The van der Waals surface area contributed by atoms with Gasteiger partial charge in [0.2, 0.25) is 0 Å². The highest BCUT2D eigenvalue weighted by Gasteiger charge is 2.24. The van der Waals surface area contributed by atoms with Crippen LogP contribution in [0, 0.1) is 0 Å². The van der Waals surface area contributed by atoms with Crippen molar-refractivity contribution in [2.24, 2.45) is 0 Å². The van der Waals surface area contributed by atoms with Gasteiger partial charge in [-0.3, -0.25) is 4.98 Å². The van der Waals surface area contributed by atoms with Gasteiger partial charge < -0.3 is 8.83 Å². The van der Waals surface area contributed by atoms with Crippen LogP contribution in [0.25, 0.3) is 94.1 Å². The molecule has 246 valence electrons. The summed E-state index contributed by atoms with van der Waals surface area (Å²) in [4.78, 5) is 10.5. The third kappa shape index (κ3) is 4.39. The fourth-order valence-electron chi connectivity index (χ4n) is 9.20. The van der Waals surface area contributed by atoms with Gasteiger partial charge in [-0.2, -0.15) is 0 Å². The molecule has 2 aliphatic carbocycles. The predicted molar refractivity (Wildman–Crippen MR) is 210 cm³/mol. The molecule has 11 rings (SSSR count).